The number of hydrogen-bond donors (Lipinski definition) is 1. The molecule has 1 aromatic carbocycles. The Morgan fingerprint density at radius 1 is 1.27 bits per heavy atom. The number of thioether (sulfide) groups is 1. The molecule has 2 aliphatic rings. The Balaban J connectivity index is 1.41. The van der Waals surface area contributed by atoms with E-state index in [0.29, 0.717) is 22.3 Å². The van der Waals surface area contributed by atoms with Crippen LogP contribution in [0.4, 0.5) is 0 Å². The molecule has 30 heavy (non-hydrogen) atoms. The summed E-state index contributed by atoms with van der Waals surface area (Å²) >= 11 is 6.61. The minimum Gasteiger partial charge on any atom is -0.497 e. The van der Waals surface area contributed by atoms with Gasteiger partial charge in [0.1, 0.15) is 10.1 Å². The van der Waals surface area contributed by atoms with Gasteiger partial charge in [0, 0.05) is 32.6 Å². The van der Waals surface area contributed by atoms with Crippen LogP contribution in [0.5, 0.6) is 5.75 Å². The van der Waals surface area contributed by atoms with Gasteiger partial charge in [0.25, 0.3) is 5.91 Å². The number of methoxy groups -OCH3 is 1. The summed E-state index contributed by atoms with van der Waals surface area (Å²) in [5.41, 5.74) is 0.898. The normalized spacial score (nSPS) is 18.8. The minimum atomic E-state index is -0.152. The fraction of sp³-hybridized carbons (Fsp3) is 0.476. The molecule has 162 valence electrons. The highest BCUT2D eigenvalue weighted by molar-refractivity contribution is 8.26. The maximum atomic E-state index is 12.7. The van der Waals surface area contributed by atoms with E-state index in [2.05, 4.69) is 10.2 Å². The van der Waals surface area contributed by atoms with Gasteiger partial charge in [-0.3, -0.25) is 19.4 Å². The third-order valence-corrected chi connectivity index (χ3v) is 6.30. The van der Waals surface area contributed by atoms with E-state index >= 15 is 0 Å². The average Bonchev–Trinajstić information content (AvgIpc) is 3.03. The summed E-state index contributed by atoms with van der Waals surface area (Å²) in [4.78, 5) is 29.2. The van der Waals surface area contributed by atoms with Gasteiger partial charge in [0.05, 0.1) is 25.2 Å². The Morgan fingerprint density at radius 2 is 2.00 bits per heavy atom. The van der Waals surface area contributed by atoms with Crippen LogP contribution in [0.25, 0.3) is 6.08 Å². The van der Waals surface area contributed by atoms with Crippen molar-refractivity contribution in [1.29, 1.82) is 0 Å². The molecular formula is C21H27N3O4S2. The summed E-state index contributed by atoms with van der Waals surface area (Å²) in [6, 6.07) is 7.46. The molecule has 2 fully saturated rings. The average molecular weight is 450 g/mol. The van der Waals surface area contributed by atoms with Crippen molar-refractivity contribution in [3.63, 3.8) is 0 Å². The van der Waals surface area contributed by atoms with Gasteiger partial charge in [-0.25, -0.2) is 0 Å². The molecule has 7 nitrogen and oxygen atoms in total. The molecule has 3 rings (SSSR count). The largest absolute Gasteiger partial charge is 0.497 e. The number of ether oxygens (including phenoxy) is 2. The Bertz CT molecular complexity index is 792. The molecule has 0 atom stereocenters. The van der Waals surface area contributed by atoms with Crippen molar-refractivity contribution < 1.29 is 19.1 Å². The lowest BCUT2D eigenvalue weighted by molar-refractivity contribution is -0.123. The topological polar surface area (TPSA) is 71.1 Å². The quantitative estimate of drug-likeness (QED) is 0.352. The smallest absolute Gasteiger partial charge is 0.266 e. The number of carbonyl (C=O) groups excluding carboxylic acids is 2. The van der Waals surface area contributed by atoms with Crippen molar-refractivity contribution in [3.8, 4) is 5.75 Å². The number of morpholine rings is 1. The molecule has 0 aliphatic carbocycles. The van der Waals surface area contributed by atoms with Gasteiger partial charge in [-0.1, -0.05) is 36.1 Å². The summed E-state index contributed by atoms with van der Waals surface area (Å²) in [5.74, 6) is 0.543. The summed E-state index contributed by atoms with van der Waals surface area (Å²) in [6.07, 6.45) is 2.95. The fourth-order valence-corrected chi connectivity index (χ4v) is 4.51. The zero-order chi connectivity index (χ0) is 21.3. The minimum absolute atomic E-state index is 0.0647. The summed E-state index contributed by atoms with van der Waals surface area (Å²) in [7, 11) is 1.61. The van der Waals surface area contributed by atoms with Gasteiger partial charge in [-0.05, 0) is 36.7 Å². The Morgan fingerprint density at radius 3 is 2.70 bits per heavy atom. The molecule has 2 saturated heterocycles. The van der Waals surface area contributed by atoms with Crippen molar-refractivity contribution in [2.75, 3.05) is 53.0 Å². The van der Waals surface area contributed by atoms with E-state index < -0.39 is 0 Å². The predicted octanol–water partition coefficient (Wildman–Crippen LogP) is 2.12. The number of thiocarbonyl (C=S) groups is 1. The van der Waals surface area contributed by atoms with E-state index in [0.717, 1.165) is 50.6 Å². The number of benzene rings is 1. The van der Waals surface area contributed by atoms with Crippen molar-refractivity contribution in [2.45, 2.75) is 12.8 Å². The second-order valence-corrected chi connectivity index (χ2v) is 8.69. The third-order valence-electron chi connectivity index (χ3n) is 4.93. The van der Waals surface area contributed by atoms with Crippen molar-refractivity contribution >= 4 is 46.2 Å². The molecule has 1 N–H and O–H groups in total. The molecule has 2 aliphatic heterocycles. The van der Waals surface area contributed by atoms with Crippen LogP contribution in [-0.4, -0.2) is 79.0 Å². The SMILES string of the molecule is COc1ccc(C=C2SC(=S)N(CCC(=O)NCCCN3CCOCC3)C2=O)cc1. The predicted molar refractivity (Wildman–Crippen MR) is 122 cm³/mol. The lowest BCUT2D eigenvalue weighted by atomic mass is 10.2. The molecule has 0 bridgehead atoms. The van der Waals surface area contributed by atoms with Gasteiger partial charge in [0.2, 0.25) is 5.91 Å². The van der Waals surface area contributed by atoms with Crippen LogP contribution in [0.1, 0.15) is 18.4 Å². The van der Waals surface area contributed by atoms with Gasteiger partial charge >= 0.3 is 0 Å². The summed E-state index contributed by atoms with van der Waals surface area (Å²) < 4.78 is 11.0. The van der Waals surface area contributed by atoms with E-state index in [1.165, 1.54) is 16.7 Å². The lowest BCUT2D eigenvalue weighted by Crippen LogP contribution is -2.38. The standard InChI is InChI=1S/C21H27N3O4S2/c1-27-17-5-3-16(4-6-17)15-18-20(26)24(21(29)30-18)10-7-19(25)22-8-2-9-23-11-13-28-14-12-23/h3-6,15H,2,7-14H2,1H3,(H,22,25). The molecule has 2 amide bonds. The van der Waals surface area contributed by atoms with Crippen LogP contribution in [-0.2, 0) is 14.3 Å². The molecule has 0 spiro atoms. The van der Waals surface area contributed by atoms with Crippen LogP contribution in [0.3, 0.4) is 0 Å². The molecule has 0 aromatic heterocycles. The molecule has 0 radical (unpaired) electrons. The second-order valence-electron chi connectivity index (χ2n) is 7.01. The Kier molecular flexibility index (Phi) is 8.68. The number of rotatable bonds is 9. The van der Waals surface area contributed by atoms with Crippen LogP contribution < -0.4 is 10.1 Å². The molecule has 9 heteroatoms. The van der Waals surface area contributed by atoms with Crippen LogP contribution in [0.15, 0.2) is 29.2 Å². The highest BCUT2D eigenvalue weighted by atomic mass is 32.2. The maximum Gasteiger partial charge on any atom is 0.266 e. The van der Waals surface area contributed by atoms with Crippen molar-refractivity contribution in [3.05, 3.63) is 34.7 Å². The first-order valence-electron chi connectivity index (χ1n) is 10.0. The first-order chi connectivity index (χ1) is 14.6. The molecule has 1 aromatic rings. The highest BCUT2D eigenvalue weighted by Crippen LogP contribution is 2.32. The number of nitrogens with one attached hydrogen (secondary N) is 1. The number of carbonyl (C=O) groups is 2. The summed E-state index contributed by atoms with van der Waals surface area (Å²) in [5, 5.41) is 2.93. The first-order valence-corrected chi connectivity index (χ1v) is 11.3. The number of hydrogen-bond acceptors (Lipinski definition) is 7. The van der Waals surface area contributed by atoms with Crippen LogP contribution >= 0.6 is 24.0 Å². The van der Waals surface area contributed by atoms with E-state index in [-0.39, 0.29) is 18.2 Å². The number of amides is 2. The third kappa shape index (κ3) is 6.53. The van der Waals surface area contributed by atoms with Gasteiger partial charge in [-0.2, -0.15) is 0 Å². The second kappa shape index (κ2) is 11.5. The van der Waals surface area contributed by atoms with Crippen LogP contribution in [0, 0.1) is 0 Å². The van der Waals surface area contributed by atoms with E-state index in [4.69, 9.17) is 21.7 Å². The van der Waals surface area contributed by atoms with Gasteiger partial charge < -0.3 is 14.8 Å². The molecular weight excluding hydrogens is 422 g/mol. The van der Waals surface area contributed by atoms with E-state index in [1.807, 2.05) is 30.3 Å². The summed E-state index contributed by atoms with van der Waals surface area (Å²) in [6.45, 7) is 5.34. The fourth-order valence-electron chi connectivity index (χ4n) is 3.20. The Labute approximate surface area is 186 Å². The molecule has 2 heterocycles. The zero-order valence-corrected chi connectivity index (χ0v) is 18.7. The van der Waals surface area contributed by atoms with Crippen LogP contribution in [0.2, 0.25) is 0 Å². The van der Waals surface area contributed by atoms with Crippen molar-refractivity contribution in [2.24, 2.45) is 0 Å². The maximum absolute atomic E-state index is 12.7. The lowest BCUT2D eigenvalue weighted by Gasteiger charge is -2.26. The first kappa shape index (κ1) is 22.7. The number of nitrogens with zero attached hydrogens (tertiary/aromatic N) is 2. The zero-order valence-electron chi connectivity index (χ0n) is 17.1. The van der Waals surface area contributed by atoms with E-state index in [9.17, 15) is 9.59 Å². The Hall–Kier alpha value is -1.94. The molecule has 0 unspecified atom stereocenters. The monoisotopic (exact) mass is 449 g/mol. The van der Waals surface area contributed by atoms with Gasteiger partial charge in [0.15, 0.2) is 0 Å². The highest BCUT2D eigenvalue weighted by Gasteiger charge is 2.32. The van der Waals surface area contributed by atoms with E-state index in [1.54, 1.807) is 7.11 Å². The van der Waals surface area contributed by atoms with Gasteiger partial charge in [-0.15, -0.1) is 0 Å². The van der Waals surface area contributed by atoms with Crippen molar-refractivity contribution in [1.82, 2.24) is 15.1 Å². The molecule has 0 saturated carbocycles.